The van der Waals surface area contributed by atoms with Crippen LogP contribution in [0.1, 0.15) is 34.6 Å². The van der Waals surface area contributed by atoms with Gasteiger partial charge in [-0.2, -0.15) is 19.4 Å². The van der Waals surface area contributed by atoms with Gasteiger partial charge in [0.05, 0.1) is 6.10 Å². The van der Waals surface area contributed by atoms with Crippen molar-refractivity contribution in [3.8, 4) is 0 Å². The third kappa shape index (κ3) is 8.86. The predicted octanol–water partition coefficient (Wildman–Crippen LogP) is 2.41. The van der Waals surface area contributed by atoms with Crippen molar-refractivity contribution in [2.45, 2.75) is 46.3 Å². The minimum atomic E-state index is -1.09. The number of rotatable bonds is 1. The minimum absolute atomic E-state index is 0.347. The Morgan fingerprint density at radius 2 is 1.47 bits per heavy atom. The topological polar surface area (TPSA) is 71.1 Å². The summed E-state index contributed by atoms with van der Waals surface area (Å²) in [5.41, 5.74) is -0.706. The maximum Gasteiger partial charge on any atom is 0.550 e. The molecular formula is C9H16O6. The molecule has 0 bridgehead atoms. The van der Waals surface area contributed by atoms with Crippen molar-refractivity contribution in [1.29, 1.82) is 0 Å². The molecule has 0 fully saturated rings. The van der Waals surface area contributed by atoms with Gasteiger partial charge in [-0.05, 0) is 34.6 Å². The lowest BCUT2D eigenvalue weighted by molar-refractivity contribution is -0.227. The highest BCUT2D eigenvalue weighted by Gasteiger charge is 2.20. The molecule has 6 nitrogen and oxygen atoms in total. The molecule has 0 rings (SSSR count). The highest BCUT2D eigenvalue weighted by molar-refractivity contribution is 5.63. The van der Waals surface area contributed by atoms with Crippen molar-refractivity contribution in [3.05, 3.63) is 0 Å². The van der Waals surface area contributed by atoms with Gasteiger partial charge in [0.15, 0.2) is 0 Å². The van der Waals surface area contributed by atoms with Gasteiger partial charge in [0.2, 0.25) is 0 Å². The molecule has 0 atom stereocenters. The summed E-state index contributed by atoms with van der Waals surface area (Å²) >= 11 is 0. The summed E-state index contributed by atoms with van der Waals surface area (Å²) in [6.45, 7) is 8.23. The van der Waals surface area contributed by atoms with Crippen LogP contribution in [-0.4, -0.2) is 24.0 Å². The van der Waals surface area contributed by atoms with Crippen molar-refractivity contribution in [1.82, 2.24) is 0 Å². The van der Waals surface area contributed by atoms with Crippen LogP contribution in [0.15, 0.2) is 0 Å². The molecule has 0 saturated heterocycles. The van der Waals surface area contributed by atoms with E-state index in [1.54, 1.807) is 34.6 Å². The average Bonchev–Trinajstić information content (AvgIpc) is 1.96. The standard InChI is InChI=1S/C9H16O6/c1-6(2)12-7(10)14-15-8(11)13-9(3,4)5/h6H,1-5H3. The van der Waals surface area contributed by atoms with Crippen LogP contribution in [0.4, 0.5) is 9.59 Å². The summed E-state index contributed by atoms with van der Waals surface area (Å²) in [7, 11) is 0. The molecule has 0 aromatic rings. The van der Waals surface area contributed by atoms with Gasteiger partial charge < -0.3 is 9.47 Å². The normalized spacial score (nSPS) is 10.8. The van der Waals surface area contributed by atoms with Crippen molar-refractivity contribution >= 4 is 12.3 Å². The number of carbonyl (C=O) groups excluding carboxylic acids is 2. The fourth-order valence-corrected chi connectivity index (χ4v) is 0.547. The summed E-state index contributed by atoms with van der Waals surface area (Å²) < 4.78 is 9.24. The molecule has 0 aromatic carbocycles. The number of hydrogen-bond donors (Lipinski definition) is 0. The quantitative estimate of drug-likeness (QED) is 0.384. The van der Waals surface area contributed by atoms with Gasteiger partial charge in [-0.25, -0.2) is 0 Å². The maximum atomic E-state index is 10.9. The highest BCUT2D eigenvalue weighted by atomic mass is 17.3. The van der Waals surface area contributed by atoms with Gasteiger partial charge in [0.1, 0.15) is 5.60 Å². The Balaban J connectivity index is 3.77. The van der Waals surface area contributed by atoms with Crippen molar-refractivity contribution in [2.75, 3.05) is 0 Å². The number of carbonyl (C=O) groups is 2. The van der Waals surface area contributed by atoms with Gasteiger partial charge in [-0.1, -0.05) is 0 Å². The number of hydrogen-bond acceptors (Lipinski definition) is 6. The molecule has 0 amide bonds. The third-order valence-electron chi connectivity index (χ3n) is 0.899. The van der Waals surface area contributed by atoms with Crippen LogP contribution < -0.4 is 0 Å². The van der Waals surface area contributed by atoms with Crippen LogP contribution in [-0.2, 0) is 19.2 Å². The van der Waals surface area contributed by atoms with E-state index < -0.39 is 17.9 Å². The van der Waals surface area contributed by atoms with E-state index in [1.165, 1.54) is 0 Å². The van der Waals surface area contributed by atoms with Gasteiger partial charge in [-0.15, -0.1) is 0 Å². The van der Waals surface area contributed by atoms with Crippen LogP contribution in [0.25, 0.3) is 0 Å². The molecule has 0 N–H and O–H groups in total. The van der Waals surface area contributed by atoms with E-state index in [2.05, 4.69) is 14.5 Å². The van der Waals surface area contributed by atoms with E-state index >= 15 is 0 Å². The molecule has 88 valence electrons. The fourth-order valence-electron chi connectivity index (χ4n) is 0.547. The van der Waals surface area contributed by atoms with E-state index in [0.29, 0.717) is 0 Å². The van der Waals surface area contributed by atoms with E-state index in [-0.39, 0.29) is 6.10 Å². The second kappa shape index (κ2) is 5.43. The average molecular weight is 220 g/mol. The largest absolute Gasteiger partial charge is 0.550 e. The lowest BCUT2D eigenvalue weighted by Crippen LogP contribution is -2.25. The van der Waals surface area contributed by atoms with Crippen molar-refractivity contribution < 1.29 is 28.8 Å². The molecule has 15 heavy (non-hydrogen) atoms. The molecule has 6 heteroatoms. The molecule has 0 radical (unpaired) electrons. The zero-order valence-electron chi connectivity index (χ0n) is 9.53. The van der Waals surface area contributed by atoms with E-state index in [4.69, 9.17) is 4.74 Å². The third-order valence-corrected chi connectivity index (χ3v) is 0.899. The number of ether oxygens (including phenoxy) is 2. The summed E-state index contributed by atoms with van der Waals surface area (Å²) in [6.07, 6.45) is -2.53. The van der Waals surface area contributed by atoms with Gasteiger partial charge >= 0.3 is 12.3 Å². The Kier molecular flexibility index (Phi) is 4.90. The molecule has 0 spiro atoms. The van der Waals surface area contributed by atoms with Crippen molar-refractivity contribution in [3.63, 3.8) is 0 Å². The Labute approximate surface area is 88.4 Å². The first-order valence-corrected chi connectivity index (χ1v) is 4.49. The molecule has 0 unspecified atom stereocenters. The van der Waals surface area contributed by atoms with Crippen LogP contribution in [0.2, 0.25) is 0 Å². The monoisotopic (exact) mass is 220 g/mol. The summed E-state index contributed by atoms with van der Waals surface area (Å²) in [5, 5.41) is 0. The minimum Gasteiger partial charge on any atom is -0.429 e. The molecule has 0 aliphatic carbocycles. The van der Waals surface area contributed by atoms with Gasteiger partial charge in [-0.3, -0.25) is 0 Å². The zero-order chi connectivity index (χ0) is 12.1. The second-order valence-electron chi connectivity index (χ2n) is 4.05. The molecular weight excluding hydrogens is 204 g/mol. The first-order chi connectivity index (χ1) is 6.70. The second-order valence-corrected chi connectivity index (χ2v) is 4.05. The molecule has 0 heterocycles. The molecule has 0 aliphatic rings. The fraction of sp³-hybridized carbons (Fsp3) is 0.778. The lowest BCUT2D eigenvalue weighted by atomic mass is 10.2. The zero-order valence-corrected chi connectivity index (χ0v) is 9.53. The first-order valence-electron chi connectivity index (χ1n) is 4.49. The van der Waals surface area contributed by atoms with Crippen LogP contribution >= 0.6 is 0 Å². The predicted molar refractivity (Wildman–Crippen MR) is 50.0 cm³/mol. The Bertz CT molecular complexity index is 227. The van der Waals surface area contributed by atoms with Crippen molar-refractivity contribution in [2.24, 2.45) is 0 Å². The van der Waals surface area contributed by atoms with E-state index in [0.717, 1.165) is 0 Å². The first kappa shape index (κ1) is 13.5. The van der Waals surface area contributed by atoms with E-state index in [9.17, 15) is 9.59 Å². The maximum absolute atomic E-state index is 10.9. The van der Waals surface area contributed by atoms with Gasteiger partial charge in [0, 0.05) is 0 Å². The molecule has 0 saturated carbocycles. The SMILES string of the molecule is CC(C)OC(=O)OOC(=O)OC(C)(C)C. The Hall–Kier alpha value is -1.46. The summed E-state index contributed by atoms with van der Waals surface area (Å²) in [4.78, 5) is 29.7. The summed E-state index contributed by atoms with van der Waals surface area (Å²) in [6, 6.07) is 0. The van der Waals surface area contributed by atoms with E-state index in [1.807, 2.05) is 0 Å². The summed E-state index contributed by atoms with van der Waals surface area (Å²) in [5.74, 6) is 0. The van der Waals surface area contributed by atoms with Crippen LogP contribution in [0.5, 0.6) is 0 Å². The Morgan fingerprint density at radius 3 is 1.87 bits per heavy atom. The lowest BCUT2D eigenvalue weighted by Gasteiger charge is -2.17. The Morgan fingerprint density at radius 1 is 1.00 bits per heavy atom. The van der Waals surface area contributed by atoms with Crippen LogP contribution in [0, 0.1) is 0 Å². The highest BCUT2D eigenvalue weighted by Crippen LogP contribution is 2.08. The smallest absolute Gasteiger partial charge is 0.429 e. The van der Waals surface area contributed by atoms with Gasteiger partial charge in [0.25, 0.3) is 0 Å². The molecule has 0 aliphatic heterocycles. The molecule has 0 aromatic heterocycles. The van der Waals surface area contributed by atoms with Crippen LogP contribution in [0.3, 0.4) is 0 Å².